The van der Waals surface area contributed by atoms with E-state index in [0.717, 1.165) is 31.7 Å². The summed E-state index contributed by atoms with van der Waals surface area (Å²) in [4.78, 5) is 14.4. The molecule has 1 saturated heterocycles. The topological polar surface area (TPSA) is 41.6 Å². The maximum atomic E-state index is 12.2. The van der Waals surface area contributed by atoms with Gasteiger partial charge in [-0.2, -0.15) is 0 Å². The van der Waals surface area contributed by atoms with Gasteiger partial charge in [0, 0.05) is 6.54 Å². The Morgan fingerprint density at radius 2 is 2.14 bits per heavy atom. The third kappa shape index (κ3) is 5.05. The fourth-order valence-electron chi connectivity index (χ4n) is 2.64. The van der Waals surface area contributed by atoms with Crippen molar-refractivity contribution in [1.82, 2.24) is 10.2 Å². The summed E-state index contributed by atoms with van der Waals surface area (Å²) in [5.41, 5.74) is 1.21. The normalized spacial score (nSPS) is 20.8. The molecule has 1 fully saturated rings. The lowest BCUT2D eigenvalue weighted by Crippen LogP contribution is -2.45. The van der Waals surface area contributed by atoms with E-state index in [-0.39, 0.29) is 17.9 Å². The fraction of sp³-hybridized carbons (Fsp3) is 0.588. The molecule has 1 aliphatic heterocycles. The minimum atomic E-state index is 0.0195. The van der Waals surface area contributed by atoms with Crippen LogP contribution in [0.25, 0.3) is 0 Å². The summed E-state index contributed by atoms with van der Waals surface area (Å²) in [6, 6.07) is 7.98. The van der Waals surface area contributed by atoms with E-state index in [4.69, 9.17) is 4.74 Å². The van der Waals surface area contributed by atoms with Gasteiger partial charge < -0.3 is 15.0 Å². The number of ether oxygens (including phenoxy) is 1. The van der Waals surface area contributed by atoms with E-state index in [9.17, 15) is 4.79 Å². The molecule has 1 aliphatic rings. The van der Waals surface area contributed by atoms with Gasteiger partial charge in [-0.25, -0.2) is 0 Å². The van der Waals surface area contributed by atoms with Crippen molar-refractivity contribution in [3.8, 4) is 5.75 Å². The molecule has 0 aliphatic carbocycles. The van der Waals surface area contributed by atoms with Gasteiger partial charge in [-0.1, -0.05) is 17.7 Å². The molecule has 0 bridgehead atoms. The van der Waals surface area contributed by atoms with E-state index < -0.39 is 0 Å². The van der Waals surface area contributed by atoms with Crippen LogP contribution in [0.2, 0.25) is 0 Å². The molecule has 2 rings (SSSR count). The molecule has 0 saturated carbocycles. The molecule has 2 atom stereocenters. The second-order valence-electron chi connectivity index (χ2n) is 6.14. The number of likely N-dealkylation sites (tertiary alicyclic amines) is 1. The Bertz CT molecular complexity index is 458. The Morgan fingerprint density at radius 3 is 2.81 bits per heavy atom. The number of nitrogens with one attached hydrogen (secondary N) is 1. The first kappa shape index (κ1) is 15.8. The number of carbonyl (C=O) groups is 1. The smallest absolute Gasteiger partial charge is 0.224 e. The first-order valence-corrected chi connectivity index (χ1v) is 7.73. The highest BCUT2D eigenvalue weighted by molar-refractivity contribution is 5.79. The quantitative estimate of drug-likeness (QED) is 0.904. The number of hydrogen-bond acceptors (Lipinski definition) is 3. The Labute approximate surface area is 127 Å². The molecule has 0 aromatic heterocycles. The molecule has 0 radical (unpaired) electrons. The highest BCUT2D eigenvalue weighted by atomic mass is 16.5. The minimum absolute atomic E-state index is 0.0195. The summed E-state index contributed by atoms with van der Waals surface area (Å²) >= 11 is 0. The molecule has 1 amide bonds. The van der Waals surface area contributed by atoms with Crippen molar-refractivity contribution >= 4 is 5.91 Å². The molecular formula is C17H26N2O2. The molecule has 1 aromatic carbocycles. The summed E-state index contributed by atoms with van der Waals surface area (Å²) < 4.78 is 5.71. The maximum absolute atomic E-state index is 12.2. The summed E-state index contributed by atoms with van der Waals surface area (Å²) in [7, 11) is 2.07. The van der Waals surface area contributed by atoms with Crippen molar-refractivity contribution in [1.29, 1.82) is 0 Å². The zero-order valence-electron chi connectivity index (χ0n) is 13.3. The van der Waals surface area contributed by atoms with Crippen LogP contribution in [0.3, 0.4) is 0 Å². The molecular weight excluding hydrogens is 264 g/mol. The SMILES string of the molecule is Cc1ccc(OC[C@H](C)NC(=O)[C@H]2CCCN(C)C2)cc1. The van der Waals surface area contributed by atoms with Gasteiger partial charge in [-0.05, 0) is 52.4 Å². The van der Waals surface area contributed by atoms with Crippen LogP contribution < -0.4 is 10.1 Å². The van der Waals surface area contributed by atoms with Gasteiger partial charge >= 0.3 is 0 Å². The molecule has 0 spiro atoms. The second-order valence-corrected chi connectivity index (χ2v) is 6.14. The van der Waals surface area contributed by atoms with Crippen molar-refractivity contribution in [2.75, 3.05) is 26.7 Å². The van der Waals surface area contributed by atoms with Crippen molar-refractivity contribution in [2.45, 2.75) is 32.7 Å². The highest BCUT2D eigenvalue weighted by Crippen LogP contribution is 2.15. The van der Waals surface area contributed by atoms with Gasteiger partial charge in [0.05, 0.1) is 12.0 Å². The van der Waals surface area contributed by atoms with Gasteiger partial charge in [0.15, 0.2) is 0 Å². The molecule has 1 N–H and O–H groups in total. The number of nitrogens with zero attached hydrogens (tertiary/aromatic N) is 1. The van der Waals surface area contributed by atoms with Crippen LogP contribution in [0.4, 0.5) is 0 Å². The molecule has 4 nitrogen and oxygen atoms in total. The van der Waals surface area contributed by atoms with E-state index in [2.05, 4.69) is 17.3 Å². The van der Waals surface area contributed by atoms with Gasteiger partial charge in [-0.3, -0.25) is 4.79 Å². The summed E-state index contributed by atoms with van der Waals surface area (Å²) in [6.45, 7) is 6.48. The van der Waals surface area contributed by atoms with Crippen LogP contribution in [0.5, 0.6) is 5.75 Å². The Balaban J connectivity index is 1.74. The monoisotopic (exact) mass is 290 g/mol. The molecule has 116 valence electrons. The average Bonchev–Trinajstić information content (AvgIpc) is 2.46. The molecule has 4 heteroatoms. The lowest BCUT2D eigenvalue weighted by Gasteiger charge is -2.29. The fourth-order valence-corrected chi connectivity index (χ4v) is 2.64. The third-order valence-electron chi connectivity index (χ3n) is 3.90. The first-order chi connectivity index (χ1) is 10.0. The van der Waals surface area contributed by atoms with Gasteiger partial charge in [0.25, 0.3) is 0 Å². The molecule has 1 heterocycles. The summed E-state index contributed by atoms with van der Waals surface area (Å²) in [5, 5.41) is 3.06. The highest BCUT2D eigenvalue weighted by Gasteiger charge is 2.24. The van der Waals surface area contributed by atoms with E-state index in [1.807, 2.05) is 38.1 Å². The second kappa shape index (κ2) is 7.46. The van der Waals surface area contributed by atoms with Gasteiger partial charge in [0.2, 0.25) is 5.91 Å². The Hall–Kier alpha value is -1.55. The molecule has 1 aromatic rings. The van der Waals surface area contributed by atoms with Crippen LogP contribution in [-0.4, -0.2) is 43.6 Å². The summed E-state index contributed by atoms with van der Waals surface area (Å²) in [6.07, 6.45) is 2.09. The van der Waals surface area contributed by atoms with Crippen molar-refractivity contribution in [3.05, 3.63) is 29.8 Å². The first-order valence-electron chi connectivity index (χ1n) is 7.73. The van der Waals surface area contributed by atoms with Crippen molar-refractivity contribution in [2.24, 2.45) is 5.92 Å². The molecule has 0 unspecified atom stereocenters. The lowest BCUT2D eigenvalue weighted by atomic mass is 9.97. The largest absolute Gasteiger partial charge is 0.491 e. The number of rotatable bonds is 5. The van der Waals surface area contributed by atoms with Crippen LogP contribution in [0.15, 0.2) is 24.3 Å². The van der Waals surface area contributed by atoms with Crippen LogP contribution >= 0.6 is 0 Å². The maximum Gasteiger partial charge on any atom is 0.224 e. The Kier molecular flexibility index (Phi) is 5.62. The minimum Gasteiger partial charge on any atom is -0.491 e. The third-order valence-corrected chi connectivity index (χ3v) is 3.90. The van der Waals surface area contributed by atoms with E-state index in [1.165, 1.54) is 5.56 Å². The van der Waals surface area contributed by atoms with Crippen molar-refractivity contribution in [3.63, 3.8) is 0 Å². The summed E-state index contributed by atoms with van der Waals surface area (Å²) in [5.74, 6) is 1.12. The van der Waals surface area contributed by atoms with Gasteiger partial charge in [0.1, 0.15) is 12.4 Å². The predicted octanol–water partition coefficient (Wildman–Crippen LogP) is 2.22. The predicted molar refractivity (Wildman–Crippen MR) is 84.5 cm³/mol. The van der Waals surface area contributed by atoms with E-state index in [0.29, 0.717) is 6.61 Å². The van der Waals surface area contributed by atoms with E-state index in [1.54, 1.807) is 0 Å². The number of aryl methyl sites for hydroxylation is 1. The van der Waals surface area contributed by atoms with Crippen LogP contribution in [-0.2, 0) is 4.79 Å². The number of carbonyl (C=O) groups excluding carboxylic acids is 1. The number of benzene rings is 1. The number of piperidine rings is 1. The van der Waals surface area contributed by atoms with E-state index >= 15 is 0 Å². The number of hydrogen-bond donors (Lipinski definition) is 1. The van der Waals surface area contributed by atoms with Crippen LogP contribution in [0, 0.1) is 12.8 Å². The van der Waals surface area contributed by atoms with Crippen LogP contribution in [0.1, 0.15) is 25.3 Å². The van der Waals surface area contributed by atoms with Gasteiger partial charge in [-0.15, -0.1) is 0 Å². The zero-order valence-corrected chi connectivity index (χ0v) is 13.3. The standard InChI is InChI=1S/C17H26N2O2/c1-13-6-8-16(9-7-13)21-12-14(2)18-17(20)15-5-4-10-19(3)11-15/h6-9,14-15H,4-5,10-12H2,1-3H3,(H,18,20)/t14-,15-/m0/s1. The molecule has 21 heavy (non-hydrogen) atoms. The van der Waals surface area contributed by atoms with Crippen molar-refractivity contribution < 1.29 is 9.53 Å². The number of amides is 1. The Morgan fingerprint density at radius 1 is 1.43 bits per heavy atom. The average molecular weight is 290 g/mol. The zero-order chi connectivity index (χ0) is 15.2. The lowest BCUT2D eigenvalue weighted by molar-refractivity contribution is -0.127.